The van der Waals surface area contributed by atoms with Crippen LogP contribution in [0.2, 0.25) is 0 Å². The van der Waals surface area contributed by atoms with E-state index in [0.717, 1.165) is 49.1 Å². The molecule has 2 heterocycles. The van der Waals surface area contributed by atoms with E-state index in [0.29, 0.717) is 37.9 Å². The van der Waals surface area contributed by atoms with E-state index in [-0.39, 0.29) is 0 Å². The molecule has 148 valence electrons. The second-order valence-corrected chi connectivity index (χ2v) is 6.92. The summed E-state index contributed by atoms with van der Waals surface area (Å²) in [6.45, 7) is 8.50. The quantitative estimate of drug-likeness (QED) is 0.491. The van der Waals surface area contributed by atoms with Crippen LogP contribution in [0.5, 0.6) is 0 Å². The molecule has 7 nitrogen and oxygen atoms in total. The van der Waals surface area contributed by atoms with Crippen molar-refractivity contribution in [3.05, 3.63) is 24.9 Å². The molecule has 2 aromatic rings. The van der Waals surface area contributed by atoms with Gasteiger partial charge in [-0.2, -0.15) is 9.97 Å². The summed E-state index contributed by atoms with van der Waals surface area (Å²) in [7, 11) is 2.00. The molecule has 0 spiro atoms. The van der Waals surface area contributed by atoms with Crippen molar-refractivity contribution in [2.24, 2.45) is 7.05 Å². The van der Waals surface area contributed by atoms with Crippen molar-refractivity contribution >= 4 is 22.8 Å². The maximum Gasteiger partial charge on any atom is 0.226 e. The molecule has 0 radical (unpaired) electrons. The van der Waals surface area contributed by atoms with Gasteiger partial charge in [0, 0.05) is 32.4 Å². The zero-order chi connectivity index (χ0) is 19.1. The van der Waals surface area contributed by atoms with Crippen LogP contribution in [0.3, 0.4) is 0 Å². The summed E-state index contributed by atoms with van der Waals surface area (Å²) < 4.78 is 13.3. The predicted octanol–water partition coefficient (Wildman–Crippen LogP) is 3.34. The Morgan fingerprint density at radius 3 is 2.81 bits per heavy atom. The van der Waals surface area contributed by atoms with Gasteiger partial charge in [-0.1, -0.05) is 6.08 Å². The van der Waals surface area contributed by atoms with Gasteiger partial charge in [0.15, 0.2) is 0 Å². The highest BCUT2D eigenvalue weighted by atomic mass is 16.5. The van der Waals surface area contributed by atoms with Crippen molar-refractivity contribution in [1.29, 1.82) is 0 Å². The van der Waals surface area contributed by atoms with Gasteiger partial charge in [-0.3, -0.25) is 0 Å². The molecule has 0 saturated heterocycles. The molecule has 0 unspecified atom stereocenters. The average Bonchev–Trinajstić information content (AvgIpc) is 3.06. The number of hydrogen-bond acceptors (Lipinski definition) is 6. The predicted molar refractivity (Wildman–Crippen MR) is 109 cm³/mol. The van der Waals surface area contributed by atoms with Crippen molar-refractivity contribution in [2.45, 2.75) is 44.8 Å². The molecular formula is C20H31N5O2. The molecule has 0 atom stereocenters. The Balaban J connectivity index is 1.60. The van der Waals surface area contributed by atoms with Crippen molar-refractivity contribution in [1.82, 2.24) is 14.5 Å². The lowest BCUT2D eigenvalue weighted by Gasteiger charge is -2.29. The molecule has 2 N–H and O–H groups in total. The first-order valence-corrected chi connectivity index (χ1v) is 9.85. The molecule has 1 fully saturated rings. The summed E-state index contributed by atoms with van der Waals surface area (Å²) in [5, 5.41) is 7.89. The smallest absolute Gasteiger partial charge is 0.226 e. The Bertz CT molecular complexity index is 737. The summed E-state index contributed by atoms with van der Waals surface area (Å²) in [6, 6.07) is 2.47. The maximum atomic E-state index is 5.92. The minimum absolute atomic E-state index is 0.343. The highest BCUT2D eigenvalue weighted by molar-refractivity contribution is 5.88. The summed E-state index contributed by atoms with van der Waals surface area (Å²) in [5.74, 6) is 1.52. The number of aryl methyl sites for hydroxylation is 1. The molecule has 0 amide bonds. The topological polar surface area (TPSA) is 73.2 Å². The molecular weight excluding hydrogens is 342 g/mol. The lowest BCUT2D eigenvalue weighted by atomic mass is 9.93. The first-order valence-electron chi connectivity index (χ1n) is 9.85. The minimum Gasteiger partial charge on any atom is -0.379 e. The third-order valence-corrected chi connectivity index (χ3v) is 4.93. The Morgan fingerprint density at radius 1 is 1.26 bits per heavy atom. The summed E-state index contributed by atoms with van der Waals surface area (Å²) in [6.07, 6.45) is 8.45. The number of anilines is 2. The molecule has 0 aromatic carbocycles. The van der Waals surface area contributed by atoms with E-state index in [4.69, 9.17) is 14.5 Å². The number of ether oxygens (including phenoxy) is 2. The van der Waals surface area contributed by atoms with Gasteiger partial charge in [-0.15, -0.1) is 6.58 Å². The second kappa shape index (κ2) is 9.71. The maximum absolute atomic E-state index is 5.92. The standard InChI is InChI=1S/C20H31N5O2/c1-4-11-21-20-23-18(17-10-12-25(3)19(17)24-20)22-15-6-8-16(9-7-15)27-14-13-26-5-2/h4,10,12,15-16H,1,5-9,11,13-14H2,2-3H3,(H2,21,22,23,24)/t15-,16-. The summed E-state index contributed by atoms with van der Waals surface area (Å²) in [4.78, 5) is 9.30. The van der Waals surface area contributed by atoms with E-state index in [9.17, 15) is 0 Å². The molecule has 2 aromatic heterocycles. The van der Waals surface area contributed by atoms with E-state index in [1.807, 2.05) is 24.7 Å². The third-order valence-electron chi connectivity index (χ3n) is 4.93. The van der Waals surface area contributed by atoms with Crippen molar-refractivity contribution in [3.63, 3.8) is 0 Å². The van der Waals surface area contributed by atoms with Crippen LogP contribution < -0.4 is 10.6 Å². The highest BCUT2D eigenvalue weighted by Crippen LogP contribution is 2.28. The number of nitrogens with one attached hydrogen (secondary N) is 2. The van der Waals surface area contributed by atoms with E-state index in [1.165, 1.54) is 0 Å². The zero-order valence-corrected chi connectivity index (χ0v) is 16.4. The zero-order valence-electron chi connectivity index (χ0n) is 16.4. The molecule has 0 aliphatic heterocycles. The van der Waals surface area contributed by atoms with Crippen LogP contribution in [-0.2, 0) is 16.5 Å². The fourth-order valence-electron chi connectivity index (χ4n) is 3.47. The van der Waals surface area contributed by atoms with E-state index >= 15 is 0 Å². The summed E-state index contributed by atoms with van der Waals surface area (Å²) in [5.41, 5.74) is 0.923. The van der Waals surface area contributed by atoms with Crippen LogP contribution in [0.25, 0.3) is 11.0 Å². The SMILES string of the molecule is C=CCNc1nc(N[C@H]2CC[C@H](OCCOCC)CC2)c2ccn(C)c2n1. The normalized spacial score (nSPS) is 19.9. The van der Waals surface area contributed by atoms with Crippen molar-refractivity contribution < 1.29 is 9.47 Å². The van der Waals surface area contributed by atoms with Gasteiger partial charge in [0.05, 0.1) is 24.7 Å². The van der Waals surface area contributed by atoms with Crippen molar-refractivity contribution in [2.75, 3.05) is 37.0 Å². The fourth-order valence-corrected chi connectivity index (χ4v) is 3.47. The van der Waals surface area contributed by atoms with E-state index in [1.54, 1.807) is 6.08 Å². The molecule has 1 saturated carbocycles. The molecule has 1 aliphatic rings. The Labute approximate surface area is 161 Å². The number of nitrogens with zero attached hydrogens (tertiary/aromatic N) is 3. The number of aromatic nitrogens is 3. The van der Waals surface area contributed by atoms with Crippen LogP contribution in [0.4, 0.5) is 11.8 Å². The van der Waals surface area contributed by atoms with Gasteiger partial charge in [0.2, 0.25) is 5.95 Å². The lowest BCUT2D eigenvalue weighted by Crippen LogP contribution is -2.30. The van der Waals surface area contributed by atoms with Crippen LogP contribution in [-0.4, -0.2) is 53.0 Å². The number of hydrogen-bond donors (Lipinski definition) is 2. The third kappa shape index (κ3) is 5.20. The largest absolute Gasteiger partial charge is 0.379 e. The van der Waals surface area contributed by atoms with Crippen LogP contribution in [0.15, 0.2) is 24.9 Å². The highest BCUT2D eigenvalue weighted by Gasteiger charge is 2.23. The fraction of sp³-hybridized carbons (Fsp3) is 0.600. The second-order valence-electron chi connectivity index (χ2n) is 6.92. The van der Waals surface area contributed by atoms with E-state index < -0.39 is 0 Å². The Kier molecular flexibility index (Phi) is 7.06. The lowest BCUT2D eigenvalue weighted by molar-refractivity contribution is -0.00910. The molecule has 27 heavy (non-hydrogen) atoms. The molecule has 3 rings (SSSR count). The summed E-state index contributed by atoms with van der Waals surface area (Å²) >= 11 is 0. The van der Waals surface area contributed by atoms with Gasteiger partial charge in [-0.25, -0.2) is 0 Å². The molecule has 1 aliphatic carbocycles. The Hall–Kier alpha value is -2.12. The first kappa shape index (κ1) is 19.6. The van der Waals surface area contributed by atoms with E-state index in [2.05, 4.69) is 28.3 Å². The monoisotopic (exact) mass is 373 g/mol. The van der Waals surface area contributed by atoms with Gasteiger partial charge in [0.1, 0.15) is 11.5 Å². The number of fused-ring (bicyclic) bond motifs is 1. The first-order chi connectivity index (χ1) is 13.2. The van der Waals surface area contributed by atoms with Gasteiger partial charge in [0.25, 0.3) is 0 Å². The van der Waals surface area contributed by atoms with Crippen LogP contribution in [0.1, 0.15) is 32.6 Å². The molecule has 7 heteroatoms. The average molecular weight is 374 g/mol. The van der Waals surface area contributed by atoms with Crippen molar-refractivity contribution in [3.8, 4) is 0 Å². The van der Waals surface area contributed by atoms with Gasteiger partial charge in [-0.05, 0) is 38.7 Å². The van der Waals surface area contributed by atoms with Gasteiger partial charge < -0.3 is 24.7 Å². The van der Waals surface area contributed by atoms with Gasteiger partial charge >= 0.3 is 0 Å². The minimum atomic E-state index is 0.343. The van der Waals surface area contributed by atoms with Crippen LogP contribution >= 0.6 is 0 Å². The number of rotatable bonds is 10. The van der Waals surface area contributed by atoms with Crippen LogP contribution in [0, 0.1) is 0 Å². The molecule has 0 bridgehead atoms. The Morgan fingerprint density at radius 2 is 2.07 bits per heavy atom.